The van der Waals surface area contributed by atoms with E-state index in [0.29, 0.717) is 26.1 Å². The van der Waals surface area contributed by atoms with Crippen LogP contribution in [0.1, 0.15) is 18.7 Å². The molecule has 1 amide bonds. The van der Waals surface area contributed by atoms with Crippen LogP contribution in [0.15, 0.2) is 30.3 Å². The van der Waals surface area contributed by atoms with Crippen molar-refractivity contribution in [2.45, 2.75) is 25.9 Å². The largest absolute Gasteiger partial charge is 0.333 e. The first-order chi connectivity index (χ1) is 10.3. The van der Waals surface area contributed by atoms with Crippen molar-refractivity contribution in [2.75, 3.05) is 13.1 Å². The summed E-state index contributed by atoms with van der Waals surface area (Å²) in [6.45, 7) is 2.52. The Balaban J connectivity index is 0.00000132. The average Bonchev–Trinajstić information content (AvgIpc) is 2.96. The van der Waals surface area contributed by atoms with Gasteiger partial charge in [0.2, 0.25) is 5.91 Å². The molecule has 0 aliphatic carbocycles. The summed E-state index contributed by atoms with van der Waals surface area (Å²) in [6.07, 6.45) is 1.24. The highest BCUT2D eigenvalue weighted by molar-refractivity contribution is 5.85. The lowest BCUT2D eigenvalue weighted by atomic mass is 10.2. The number of aromatic nitrogens is 3. The number of nitrogens with two attached hydrogens (primary N) is 1. The summed E-state index contributed by atoms with van der Waals surface area (Å²) in [5.41, 5.74) is 6.51. The molecule has 2 aromatic rings. The zero-order valence-electron chi connectivity index (χ0n) is 12.7. The molecule has 0 bridgehead atoms. The number of rotatable bonds is 4. The first-order valence-electron chi connectivity index (χ1n) is 7.25. The molecule has 6 nitrogen and oxygen atoms in total. The zero-order chi connectivity index (χ0) is 14.7. The van der Waals surface area contributed by atoms with Crippen molar-refractivity contribution in [3.05, 3.63) is 36.2 Å². The van der Waals surface area contributed by atoms with E-state index in [9.17, 15) is 4.79 Å². The van der Waals surface area contributed by atoms with E-state index < -0.39 is 0 Å². The molecule has 1 aliphatic heterocycles. The molecule has 1 aliphatic rings. The fourth-order valence-corrected chi connectivity index (χ4v) is 2.58. The van der Waals surface area contributed by atoms with Crippen LogP contribution in [0.25, 0.3) is 11.4 Å². The smallest absolute Gasteiger partial charge is 0.223 e. The molecule has 0 saturated heterocycles. The fraction of sp³-hybridized carbons (Fsp3) is 0.400. The highest BCUT2D eigenvalue weighted by atomic mass is 35.5. The van der Waals surface area contributed by atoms with Gasteiger partial charge in [0.15, 0.2) is 11.6 Å². The molecular weight excluding hydrogens is 337 g/mol. The normalized spacial score (nSPS) is 12.8. The van der Waals surface area contributed by atoms with Gasteiger partial charge in [-0.3, -0.25) is 4.79 Å². The molecule has 3 rings (SSSR count). The molecule has 126 valence electrons. The summed E-state index contributed by atoms with van der Waals surface area (Å²) in [5.74, 6) is 1.87. The van der Waals surface area contributed by atoms with Crippen molar-refractivity contribution >= 4 is 30.7 Å². The first-order valence-corrected chi connectivity index (χ1v) is 7.25. The summed E-state index contributed by atoms with van der Waals surface area (Å²) in [5, 5.41) is 8.52. The maximum absolute atomic E-state index is 12.1. The second kappa shape index (κ2) is 8.86. The van der Waals surface area contributed by atoms with Crippen molar-refractivity contribution in [1.29, 1.82) is 0 Å². The number of nitrogens with zero attached hydrogens (tertiary/aromatic N) is 4. The summed E-state index contributed by atoms with van der Waals surface area (Å²) in [7, 11) is 0. The van der Waals surface area contributed by atoms with E-state index in [4.69, 9.17) is 5.73 Å². The minimum Gasteiger partial charge on any atom is -0.333 e. The Labute approximate surface area is 147 Å². The highest BCUT2D eigenvalue weighted by Crippen LogP contribution is 2.21. The molecule has 0 fully saturated rings. The Hall–Kier alpha value is -1.63. The number of hydrogen-bond donors (Lipinski definition) is 1. The van der Waals surface area contributed by atoms with Gasteiger partial charge >= 0.3 is 0 Å². The quantitative estimate of drug-likeness (QED) is 0.905. The Morgan fingerprint density at radius 3 is 2.57 bits per heavy atom. The van der Waals surface area contributed by atoms with Crippen LogP contribution in [0.5, 0.6) is 0 Å². The Bertz CT molecular complexity index is 632. The van der Waals surface area contributed by atoms with Crippen LogP contribution < -0.4 is 5.73 Å². The van der Waals surface area contributed by atoms with Gasteiger partial charge in [-0.05, 0) is 13.0 Å². The second-order valence-corrected chi connectivity index (χ2v) is 5.17. The molecular formula is C15H21Cl2N5O. The minimum atomic E-state index is 0. The van der Waals surface area contributed by atoms with E-state index in [1.807, 2.05) is 35.2 Å². The number of hydrogen-bond acceptors (Lipinski definition) is 4. The van der Waals surface area contributed by atoms with Gasteiger partial charge < -0.3 is 15.2 Å². The predicted octanol–water partition coefficient (Wildman–Crippen LogP) is 1.87. The van der Waals surface area contributed by atoms with Crippen LogP contribution in [0.4, 0.5) is 0 Å². The SMILES string of the molecule is Cl.Cl.NCCCC(=O)N1CCn2c(nnc2-c2ccccc2)C1. The van der Waals surface area contributed by atoms with Gasteiger partial charge in [0.05, 0.1) is 6.54 Å². The molecule has 0 radical (unpaired) electrons. The maximum Gasteiger partial charge on any atom is 0.223 e. The second-order valence-electron chi connectivity index (χ2n) is 5.17. The summed E-state index contributed by atoms with van der Waals surface area (Å²) in [4.78, 5) is 13.9. The molecule has 1 aromatic heterocycles. The number of carbonyl (C=O) groups excluding carboxylic acids is 1. The lowest BCUT2D eigenvalue weighted by Crippen LogP contribution is -2.38. The molecule has 8 heteroatoms. The van der Waals surface area contributed by atoms with E-state index in [1.165, 1.54) is 0 Å². The highest BCUT2D eigenvalue weighted by Gasteiger charge is 2.24. The Morgan fingerprint density at radius 2 is 1.87 bits per heavy atom. The Kier molecular flexibility index (Phi) is 7.48. The van der Waals surface area contributed by atoms with Gasteiger partial charge in [-0.2, -0.15) is 0 Å². The zero-order valence-corrected chi connectivity index (χ0v) is 14.4. The lowest BCUT2D eigenvalue weighted by Gasteiger charge is -2.28. The monoisotopic (exact) mass is 357 g/mol. The third-order valence-corrected chi connectivity index (χ3v) is 3.73. The molecule has 0 unspecified atom stereocenters. The van der Waals surface area contributed by atoms with Gasteiger partial charge in [0, 0.05) is 25.1 Å². The van der Waals surface area contributed by atoms with Crippen molar-refractivity contribution in [3.63, 3.8) is 0 Å². The van der Waals surface area contributed by atoms with E-state index in [-0.39, 0.29) is 30.7 Å². The van der Waals surface area contributed by atoms with Crippen molar-refractivity contribution < 1.29 is 4.79 Å². The Morgan fingerprint density at radius 1 is 1.13 bits per heavy atom. The predicted molar refractivity (Wildman–Crippen MR) is 93.7 cm³/mol. The van der Waals surface area contributed by atoms with Crippen LogP contribution in [0.2, 0.25) is 0 Å². The molecule has 1 aromatic carbocycles. The molecule has 0 spiro atoms. The third kappa shape index (κ3) is 4.22. The third-order valence-electron chi connectivity index (χ3n) is 3.73. The van der Waals surface area contributed by atoms with Gasteiger partial charge in [-0.1, -0.05) is 30.3 Å². The number of halogens is 2. The van der Waals surface area contributed by atoms with Crippen molar-refractivity contribution in [2.24, 2.45) is 5.73 Å². The van der Waals surface area contributed by atoms with E-state index in [0.717, 1.165) is 30.2 Å². The van der Waals surface area contributed by atoms with Gasteiger partial charge in [-0.15, -0.1) is 35.0 Å². The fourth-order valence-electron chi connectivity index (χ4n) is 2.58. The molecule has 2 N–H and O–H groups in total. The first kappa shape index (κ1) is 19.4. The van der Waals surface area contributed by atoms with E-state index in [1.54, 1.807) is 0 Å². The topological polar surface area (TPSA) is 77.0 Å². The van der Waals surface area contributed by atoms with Crippen LogP contribution in [0, 0.1) is 0 Å². The minimum absolute atomic E-state index is 0. The summed E-state index contributed by atoms with van der Waals surface area (Å²) < 4.78 is 2.10. The standard InChI is InChI=1S/C15H19N5O.2ClH/c16-8-4-7-14(21)19-9-10-20-13(11-19)17-18-15(20)12-5-2-1-3-6-12;;/h1-3,5-6H,4,7-11,16H2;2*1H. The van der Waals surface area contributed by atoms with E-state index >= 15 is 0 Å². The van der Waals surface area contributed by atoms with Crippen molar-refractivity contribution in [1.82, 2.24) is 19.7 Å². The average molecular weight is 358 g/mol. The van der Waals surface area contributed by atoms with Crippen molar-refractivity contribution in [3.8, 4) is 11.4 Å². The number of fused-ring (bicyclic) bond motifs is 1. The molecule has 0 saturated carbocycles. The number of carbonyl (C=O) groups is 1. The van der Waals surface area contributed by atoms with Crippen LogP contribution in [0.3, 0.4) is 0 Å². The maximum atomic E-state index is 12.1. The summed E-state index contributed by atoms with van der Waals surface area (Å²) in [6, 6.07) is 10.0. The molecule has 2 heterocycles. The van der Waals surface area contributed by atoms with E-state index in [2.05, 4.69) is 14.8 Å². The summed E-state index contributed by atoms with van der Waals surface area (Å²) >= 11 is 0. The number of benzene rings is 1. The van der Waals surface area contributed by atoms with Gasteiger partial charge in [-0.25, -0.2) is 0 Å². The molecule has 23 heavy (non-hydrogen) atoms. The number of amides is 1. The van der Waals surface area contributed by atoms with Crippen LogP contribution in [-0.4, -0.2) is 38.7 Å². The van der Waals surface area contributed by atoms with Gasteiger partial charge in [0.25, 0.3) is 0 Å². The van der Waals surface area contributed by atoms with Crippen LogP contribution in [-0.2, 0) is 17.9 Å². The van der Waals surface area contributed by atoms with Crippen LogP contribution >= 0.6 is 24.8 Å². The molecule has 0 atom stereocenters. The lowest BCUT2D eigenvalue weighted by molar-refractivity contribution is -0.132. The van der Waals surface area contributed by atoms with Gasteiger partial charge in [0.1, 0.15) is 0 Å².